The minimum absolute atomic E-state index is 0.00520. The van der Waals surface area contributed by atoms with Gasteiger partial charge in [-0.2, -0.15) is 0 Å². The molecule has 24 heavy (non-hydrogen) atoms. The van der Waals surface area contributed by atoms with Crippen molar-refractivity contribution in [3.05, 3.63) is 59.9 Å². The Morgan fingerprint density at radius 1 is 1.12 bits per heavy atom. The molecule has 1 N–H and O–H groups in total. The molecule has 0 bridgehead atoms. The highest BCUT2D eigenvalue weighted by Crippen LogP contribution is 2.12. The second kappa shape index (κ2) is 7.93. The van der Waals surface area contributed by atoms with Crippen LogP contribution in [0.15, 0.2) is 48.8 Å². The van der Waals surface area contributed by atoms with Gasteiger partial charge in [-0.25, -0.2) is 4.79 Å². The third kappa shape index (κ3) is 4.55. The number of nitrogens with zero attached hydrogens (tertiary/aromatic N) is 3. The van der Waals surface area contributed by atoms with Gasteiger partial charge in [0, 0.05) is 50.8 Å². The van der Waals surface area contributed by atoms with E-state index >= 15 is 0 Å². The van der Waals surface area contributed by atoms with Crippen molar-refractivity contribution in [2.45, 2.75) is 13.3 Å². The number of hydrogen-bond acceptors (Lipinski definition) is 3. The fourth-order valence-electron chi connectivity index (χ4n) is 2.94. The quantitative estimate of drug-likeness (QED) is 0.941. The smallest absolute Gasteiger partial charge is 0.321 e. The lowest BCUT2D eigenvalue weighted by molar-refractivity contribution is 0.148. The highest BCUT2D eigenvalue weighted by Gasteiger charge is 2.20. The summed E-state index contributed by atoms with van der Waals surface area (Å²) in [5, 5.41) is 2.99. The van der Waals surface area contributed by atoms with Crippen LogP contribution in [0.1, 0.15) is 11.1 Å². The summed E-state index contributed by atoms with van der Waals surface area (Å²) in [5.74, 6) is 0. The van der Waals surface area contributed by atoms with Gasteiger partial charge in [-0.1, -0.05) is 12.1 Å². The molecular weight excluding hydrogens is 300 g/mol. The van der Waals surface area contributed by atoms with E-state index in [1.807, 2.05) is 48.5 Å². The Labute approximate surface area is 143 Å². The molecule has 3 rings (SSSR count). The molecule has 0 aliphatic carbocycles. The number of amides is 2. The van der Waals surface area contributed by atoms with Gasteiger partial charge in [-0.15, -0.1) is 0 Å². The van der Waals surface area contributed by atoms with Crippen LogP contribution in [-0.4, -0.2) is 53.5 Å². The molecule has 1 saturated heterocycles. The van der Waals surface area contributed by atoms with E-state index in [1.165, 1.54) is 5.56 Å². The summed E-state index contributed by atoms with van der Waals surface area (Å²) < 4.78 is 0. The molecule has 1 aliphatic heterocycles. The van der Waals surface area contributed by atoms with E-state index in [-0.39, 0.29) is 6.03 Å². The maximum absolute atomic E-state index is 12.4. The van der Waals surface area contributed by atoms with Crippen LogP contribution in [-0.2, 0) is 6.42 Å². The van der Waals surface area contributed by atoms with Gasteiger partial charge in [0.1, 0.15) is 0 Å². The monoisotopic (exact) mass is 324 g/mol. The van der Waals surface area contributed by atoms with E-state index in [2.05, 4.69) is 27.3 Å². The minimum atomic E-state index is -0.00520. The molecule has 0 radical (unpaired) electrons. The fraction of sp³-hybridized carbons (Fsp3) is 0.368. The fourth-order valence-corrected chi connectivity index (χ4v) is 2.94. The Kier molecular flexibility index (Phi) is 5.43. The maximum Gasteiger partial charge on any atom is 0.321 e. The summed E-state index contributed by atoms with van der Waals surface area (Å²) in [6.07, 6.45) is 4.70. The average Bonchev–Trinajstić information content (AvgIpc) is 2.61. The Morgan fingerprint density at radius 3 is 2.58 bits per heavy atom. The van der Waals surface area contributed by atoms with Crippen molar-refractivity contribution < 1.29 is 4.79 Å². The SMILES string of the molecule is Cc1cccc(NC(=O)N2CCN(CCc3ccncc3)CC2)c1. The number of benzene rings is 1. The van der Waals surface area contributed by atoms with Crippen LogP contribution in [0.4, 0.5) is 10.5 Å². The molecule has 2 heterocycles. The van der Waals surface area contributed by atoms with Crippen LogP contribution in [0.5, 0.6) is 0 Å². The van der Waals surface area contributed by atoms with Gasteiger partial charge in [-0.05, 0) is 48.7 Å². The Balaban J connectivity index is 1.43. The summed E-state index contributed by atoms with van der Waals surface area (Å²) in [6, 6.07) is 12.0. The van der Waals surface area contributed by atoms with E-state index in [0.29, 0.717) is 0 Å². The third-order valence-electron chi connectivity index (χ3n) is 4.39. The van der Waals surface area contributed by atoms with Gasteiger partial charge in [0.15, 0.2) is 0 Å². The molecule has 1 aliphatic rings. The zero-order valence-corrected chi connectivity index (χ0v) is 14.1. The number of piperazine rings is 1. The van der Waals surface area contributed by atoms with Gasteiger partial charge >= 0.3 is 6.03 Å². The number of carbonyl (C=O) groups is 1. The van der Waals surface area contributed by atoms with Gasteiger partial charge in [0.05, 0.1) is 0 Å². The molecule has 0 saturated carbocycles. The molecule has 0 atom stereocenters. The van der Waals surface area contributed by atoms with E-state index in [9.17, 15) is 4.79 Å². The third-order valence-corrected chi connectivity index (χ3v) is 4.39. The molecule has 5 nitrogen and oxygen atoms in total. The molecule has 1 aromatic carbocycles. The topological polar surface area (TPSA) is 48.5 Å². The summed E-state index contributed by atoms with van der Waals surface area (Å²) in [6.45, 7) is 6.44. The molecule has 0 unspecified atom stereocenters. The van der Waals surface area contributed by atoms with E-state index < -0.39 is 0 Å². The second-order valence-corrected chi connectivity index (χ2v) is 6.23. The molecule has 1 aromatic heterocycles. The molecule has 126 valence electrons. The van der Waals surface area contributed by atoms with Gasteiger partial charge < -0.3 is 10.2 Å². The highest BCUT2D eigenvalue weighted by molar-refractivity contribution is 5.89. The Morgan fingerprint density at radius 2 is 1.88 bits per heavy atom. The first-order valence-electron chi connectivity index (χ1n) is 8.44. The lowest BCUT2D eigenvalue weighted by Gasteiger charge is -2.34. The molecule has 2 aromatic rings. The van der Waals surface area contributed by atoms with E-state index in [4.69, 9.17) is 0 Å². The predicted octanol–water partition coefficient (Wildman–Crippen LogP) is 2.78. The number of anilines is 1. The zero-order chi connectivity index (χ0) is 16.8. The molecule has 1 fully saturated rings. The summed E-state index contributed by atoms with van der Waals surface area (Å²) in [7, 11) is 0. The number of aryl methyl sites for hydroxylation is 1. The summed E-state index contributed by atoms with van der Waals surface area (Å²) >= 11 is 0. The van der Waals surface area contributed by atoms with Crippen LogP contribution in [0.2, 0.25) is 0 Å². The molecule has 0 spiro atoms. The summed E-state index contributed by atoms with van der Waals surface area (Å²) in [4.78, 5) is 20.7. The lowest BCUT2D eigenvalue weighted by Crippen LogP contribution is -2.50. The standard InChI is InChI=1S/C19H24N4O/c1-16-3-2-4-18(15-16)21-19(24)23-13-11-22(12-14-23)10-7-17-5-8-20-9-6-17/h2-6,8-9,15H,7,10-14H2,1H3,(H,21,24). The molecular formula is C19H24N4O. The van der Waals surface area contributed by atoms with Crippen LogP contribution < -0.4 is 5.32 Å². The van der Waals surface area contributed by atoms with E-state index in [1.54, 1.807) is 0 Å². The van der Waals surface area contributed by atoms with Crippen molar-refractivity contribution in [3.8, 4) is 0 Å². The van der Waals surface area contributed by atoms with Gasteiger partial charge in [0.2, 0.25) is 0 Å². The van der Waals surface area contributed by atoms with Crippen LogP contribution in [0, 0.1) is 6.92 Å². The Hall–Kier alpha value is -2.40. The number of hydrogen-bond donors (Lipinski definition) is 1. The number of aromatic nitrogens is 1. The highest BCUT2D eigenvalue weighted by atomic mass is 16.2. The maximum atomic E-state index is 12.4. The van der Waals surface area contributed by atoms with E-state index in [0.717, 1.165) is 50.4 Å². The van der Waals surface area contributed by atoms with Crippen LogP contribution in [0.25, 0.3) is 0 Å². The van der Waals surface area contributed by atoms with Gasteiger partial charge in [0.25, 0.3) is 0 Å². The minimum Gasteiger partial charge on any atom is -0.322 e. The zero-order valence-electron chi connectivity index (χ0n) is 14.1. The second-order valence-electron chi connectivity index (χ2n) is 6.23. The number of urea groups is 1. The number of rotatable bonds is 4. The molecule has 2 amide bonds. The summed E-state index contributed by atoms with van der Waals surface area (Å²) in [5.41, 5.74) is 3.32. The first-order chi connectivity index (χ1) is 11.7. The first kappa shape index (κ1) is 16.5. The predicted molar refractivity (Wildman–Crippen MR) is 96.2 cm³/mol. The van der Waals surface area contributed by atoms with Crippen LogP contribution in [0.3, 0.4) is 0 Å². The van der Waals surface area contributed by atoms with Gasteiger partial charge in [-0.3, -0.25) is 9.88 Å². The Bertz CT molecular complexity index is 666. The normalized spacial score (nSPS) is 15.3. The first-order valence-corrected chi connectivity index (χ1v) is 8.44. The van der Waals surface area contributed by atoms with Crippen molar-refractivity contribution in [1.82, 2.24) is 14.8 Å². The van der Waals surface area contributed by atoms with Crippen molar-refractivity contribution in [1.29, 1.82) is 0 Å². The lowest BCUT2D eigenvalue weighted by atomic mass is 10.2. The number of pyridine rings is 1. The van der Waals surface area contributed by atoms with Crippen molar-refractivity contribution in [2.75, 3.05) is 38.0 Å². The van der Waals surface area contributed by atoms with Crippen molar-refractivity contribution in [2.24, 2.45) is 0 Å². The molecule has 5 heteroatoms. The van der Waals surface area contributed by atoms with Crippen LogP contribution >= 0.6 is 0 Å². The van der Waals surface area contributed by atoms with Crippen molar-refractivity contribution >= 4 is 11.7 Å². The largest absolute Gasteiger partial charge is 0.322 e. The number of nitrogens with one attached hydrogen (secondary N) is 1. The average molecular weight is 324 g/mol. The number of carbonyl (C=O) groups excluding carboxylic acids is 1. The van der Waals surface area contributed by atoms with Crippen molar-refractivity contribution in [3.63, 3.8) is 0 Å².